The first-order valence-electron chi connectivity index (χ1n) is 7.07. The van der Waals surface area contributed by atoms with Gasteiger partial charge in [0.25, 0.3) is 0 Å². The summed E-state index contributed by atoms with van der Waals surface area (Å²) in [4.78, 5) is 22.1. The molecule has 0 bridgehead atoms. The maximum Gasteiger partial charge on any atom is 0.327 e. The van der Waals surface area contributed by atoms with Gasteiger partial charge in [0.15, 0.2) is 0 Å². The lowest BCUT2D eigenvalue weighted by molar-refractivity contribution is -0.132. The zero-order valence-electron chi connectivity index (χ0n) is 15.7. The van der Waals surface area contributed by atoms with E-state index in [-0.39, 0.29) is 11.9 Å². The Morgan fingerprint density at radius 1 is 1.08 bits per heavy atom. The van der Waals surface area contributed by atoms with Gasteiger partial charge in [0, 0.05) is 48.8 Å². The lowest BCUT2D eigenvalue weighted by Gasteiger charge is -2.04. The fraction of sp³-hybridized carbons (Fsp3) is 0.500. The van der Waals surface area contributed by atoms with Crippen molar-refractivity contribution in [2.45, 2.75) is 20.8 Å². The quantitative estimate of drug-likeness (QED) is 0.467. The van der Waals surface area contributed by atoms with E-state index in [2.05, 4.69) is 9.05 Å². The molecule has 0 spiro atoms. The van der Waals surface area contributed by atoms with Crippen LogP contribution in [-0.4, -0.2) is 51.8 Å². The highest BCUT2D eigenvalue weighted by atomic mass is 31.2. The SMILES string of the molecule is CC(=O)N(C)C.CC(=O)Oc1cccc(C)c1.COP(C)(=O)OC. The predicted octanol–water partition coefficient (Wildman–Crippen LogP) is 3.12. The molecule has 0 N–H and O–H groups in total. The number of ether oxygens (including phenoxy) is 1. The molecule has 1 aromatic carbocycles. The summed E-state index contributed by atoms with van der Waals surface area (Å²) in [6.07, 6.45) is 0. The van der Waals surface area contributed by atoms with Crippen molar-refractivity contribution in [3.8, 4) is 5.75 Å². The highest BCUT2D eigenvalue weighted by Gasteiger charge is 2.08. The van der Waals surface area contributed by atoms with Crippen LogP contribution in [0.2, 0.25) is 0 Å². The Hall–Kier alpha value is -1.69. The van der Waals surface area contributed by atoms with E-state index in [0.717, 1.165) is 5.56 Å². The van der Waals surface area contributed by atoms with Gasteiger partial charge in [-0.05, 0) is 24.6 Å². The summed E-state index contributed by atoms with van der Waals surface area (Å²) in [6.45, 7) is 6.28. The second kappa shape index (κ2) is 12.7. The van der Waals surface area contributed by atoms with Crippen LogP contribution >= 0.6 is 7.60 Å². The predicted molar refractivity (Wildman–Crippen MR) is 94.4 cm³/mol. The Labute approximate surface area is 144 Å². The molecule has 8 heteroatoms. The number of hydrogen-bond acceptors (Lipinski definition) is 6. The molecule has 7 nitrogen and oxygen atoms in total. The Balaban J connectivity index is 0. The molecular weight excluding hydrogens is 333 g/mol. The molecule has 1 amide bonds. The molecule has 1 aromatic rings. The minimum absolute atomic E-state index is 0.0926. The maximum absolute atomic E-state index is 10.5. The first kappa shape index (κ1) is 24.6. The van der Waals surface area contributed by atoms with Crippen molar-refractivity contribution in [3.05, 3.63) is 29.8 Å². The van der Waals surface area contributed by atoms with Crippen LogP contribution in [0.25, 0.3) is 0 Å². The second-order valence-corrected chi connectivity index (χ2v) is 7.23. The fourth-order valence-corrected chi connectivity index (χ4v) is 1.07. The van der Waals surface area contributed by atoms with Crippen LogP contribution < -0.4 is 4.74 Å². The van der Waals surface area contributed by atoms with Gasteiger partial charge in [-0.25, -0.2) is 0 Å². The van der Waals surface area contributed by atoms with E-state index >= 15 is 0 Å². The van der Waals surface area contributed by atoms with Gasteiger partial charge in [0.1, 0.15) is 5.75 Å². The number of benzene rings is 1. The third kappa shape index (κ3) is 15.2. The summed E-state index contributed by atoms with van der Waals surface area (Å²) < 4.78 is 24.2. The zero-order valence-corrected chi connectivity index (χ0v) is 16.5. The van der Waals surface area contributed by atoms with Crippen molar-refractivity contribution in [1.29, 1.82) is 0 Å². The summed E-state index contributed by atoms with van der Waals surface area (Å²) in [5.74, 6) is 0.420. The van der Waals surface area contributed by atoms with Gasteiger partial charge in [0.2, 0.25) is 5.91 Å². The molecule has 0 fully saturated rings. The average Bonchev–Trinajstić information content (AvgIpc) is 2.48. The van der Waals surface area contributed by atoms with Gasteiger partial charge in [-0.3, -0.25) is 14.2 Å². The van der Waals surface area contributed by atoms with E-state index in [1.807, 2.05) is 25.1 Å². The molecule has 138 valence electrons. The molecule has 0 aromatic heterocycles. The van der Waals surface area contributed by atoms with Gasteiger partial charge in [-0.1, -0.05) is 12.1 Å². The Bertz CT molecular complexity index is 551. The fourth-order valence-electron chi connectivity index (χ4n) is 0.919. The van der Waals surface area contributed by atoms with Crippen LogP contribution in [0.5, 0.6) is 5.75 Å². The first-order valence-corrected chi connectivity index (χ1v) is 9.06. The van der Waals surface area contributed by atoms with Crippen LogP contribution in [0, 0.1) is 6.92 Å². The van der Waals surface area contributed by atoms with E-state index in [4.69, 9.17) is 4.74 Å². The number of nitrogens with zero attached hydrogens (tertiary/aromatic N) is 1. The van der Waals surface area contributed by atoms with Crippen molar-refractivity contribution < 1.29 is 27.9 Å². The summed E-state index contributed by atoms with van der Waals surface area (Å²) in [5.41, 5.74) is 1.09. The van der Waals surface area contributed by atoms with Crippen molar-refractivity contribution in [2.75, 3.05) is 35.0 Å². The minimum atomic E-state index is -2.65. The first-order chi connectivity index (χ1) is 10.9. The molecule has 0 aliphatic rings. The van der Waals surface area contributed by atoms with Gasteiger partial charge >= 0.3 is 13.6 Å². The standard InChI is InChI=1S/C9H10O2.C4H9NO.C3H9O3P/c1-7-4-3-5-9(6-7)11-8(2)10;1-4(6)5(2)3;1-5-7(3,4)6-2/h3-6H,1-2H3;1-3H3;1-3H3. The lowest BCUT2D eigenvalue weighted by atomic mass is 10.2. The largest absolute Gasteiger partial charge is 0.427 e. The van der Waals surface area contributed by atoms with Crippen LogP contribution in [0.15, 0.2) is 24.3 Å². The number of carbonyl (C=O) groups excluding carboxylic acids is 2. The second-order valence-electron chi connectivity index (χ2n) is 4.96. The van der Waals surface area contributed by atoms with Crippen LogP contribution in [0.1, 0.15) is 19.4 Å². The number of aryl methyl sites for hydroxylation is 1. The van der Waals surface area contributed by atoms with Crippen LogP contribution in [-0.2, 0) is 23.2 Å². The van der Waals surface area contributed by atoms with Gasteiger partial charge in [-0.15, -0.1) is 0 Å². The molecule has 0 heterocycles. The summed E-state index contributed by atoms with van der Waals surface area (Å²) in [7, 11) is 3.50. The summed E-state index contributed by atoms with van der Waals surface area (Å²) in [5, 5.41) is 0. The van der Waals surface area contributed by atoms with E-state index < -0.39 is 7.60 Å². The lowest BCUT2D eigenvalue weighted by Crippen LogP contribution is -2.17. The van der Waals surface area contributed by atoms with Crippen LogP contribution in [0.3, 0.4) is 0 Å². The molecular formula is C16H28NO6P. The Morgan fingerprint density at radius 3 is 1.79 bits per heavy atom. The van der Waals surface area contributed by atoms with Crippen molar-refractivity contribution >= 4 is 19.5 Å². The highest BCUT2D eigenvalue weighted by Crippen LogP contribution is 2.40. The molecule has 0 radical (unpaired) electrons. The number of esters is 1. The zero-order chi connectivity index (χ0) is 19.3. The smallest absolute Gasteiger partial charge is 0.327 e. The molecule has 0 atom stereocenters. The number of rotatable bonds is 3. The molecule has 0 saturated heterocycles. The summed E-state index contributed by atoms with van der Waals surface area (Å²) >= 11 is 0. The third-order valence-corrected chi connectivity index (χ3v) is 3.87. The molecule has 0 aliphatic carbocycles. The average molecular weight is 361 g/mol. The number of carbonyl (C=O) groups is 2. The maximum atomic E-state index is 10.5. The van der Waals surface area contributed by atoms with Gasteiger partial charge in [0.05, 0.1) is 0 Å². The summed E-state index contributed by atoms with van der Waals surface area (Å²) in [6, 6.07) is 7.39. The molecule has 0 aliphatic heterocycles. The molecule has 0 saturated carbocycles. The normalized spacial score (nSPS) is 9.67. The highest BCUT2D eigenvalue weighted by molar-refractivity contribution is 7.52. The van der Waals surface area contributed by atoms with E-state index in [1.54, 1.807) is 20.2 Å². The van der Waals surface area contributed by atoms with Gasteiger partial charge < -0.3 is 18.7 Å². The number of amides is 1. The molecule has 1 rings (SSSR count). The topological polar surface area (TPSA) is 82.1 Å². The third-order valence-electron chi connectivity index (χ3n) is 2.54. The minimum Gasteiger partial charge on any atom is -0.427 e. The molecule has 0 unspecified atom stereocenters. The molecule has 24 heavy (non-hydrogen) atoms. The van der Waals surface area contributed by atoms with E-state index in [0.29, 0.717) is 5.75 Å². The Morgan fingerprint density at radius 2 is 1.54 bits per heavy atom. The van der Waals surface area contributed by atoms with Crippen molar-refractivity contribution in [1.82, 2.24) is 4.90 Å². The van der Waals surface area contributed by atoms with E-state index in [9.17, 15) is 14.2 Å². The number of hydrogen-bond donors (Lipinski definition) is 0. The Kier molecular flexibility index (Phi) is 13.0. The van der Waals surface area contributed by atoms with E-state index in [1.165, 1.54) is 39.6 Å². The van der Waals surface area contributed by atoms with Crippen molar-refractivity contribution in [3.63, 3.8) is 0 Å². The van der Waals surface area contributed by atoms with Crippen molar-refractivity contribution in [2.24, 2.45) is 0 Å². The monoisotopic (exact) mass is 361 g/mol. The van der Waals surface area contributed by atoms with Crippen LogP contribution in [0.4, 0.5) is 0 Å². The van der Waals surface area contributed by atoms with Gasteiger partial charge in [-0.2, -0.15) is 0 Å².